The molecule has 0 atom stereocenters. The fraction of sp³-hybridized carbons (Fsp3) is 0.0833. The maximum atomic E-state index is 13.5. The number of ether oxygens (including phenoxy) is 1. The molecule has 0 bridgehead atoms. The summed E-state index contributed by atoms with van der Waals surface area (Å²) < 4.78 is 6.01. The van der Waals surface area contributed by atoms with Gasteiger partial charge in [0.2, 0.25) is 0 Å². The molecule has 0 fully saturated rings. The molecular weight excluding hydrogens is 380 g/mol. The number of carbonyl (C=O) groups excluding carboxylic acids is 1. The molecule has 4 aromatic rings. The van der Waals surface area contributed by atoms with Gasteiger partial charge in [-0.2, -0.15) is 11.3 Å². The lowest BCUT2D eigenvalue weighted by molar-refractivity contribution is 0.0725. The average molecular weight is 401 g/mol. The second-order valence-electron chi connectivity index (χ2n) is 6.53. The van der Waals surface area contributed by atoms with E-state index in [9.17, 15) is 4.79 Å². The first-order valence-electron chi connectivity index (χ1n) is 9.32. The van der Waals surface area contributed by atoms with Crippen molar-refractivity contribution in [3.63, 3.8) is 0 Å². The van der Waals surface area contributed by atoms with E-state index in [-0.39, 0.29) is 5.91 Å². The van der Waals surface area contributed by atoms with Crippen molar-refractivity contribution in [2.24, 2.45) is 0 Å². The summed E-state index contributed by atoms with van der Waals surface area (Å²) >= 11 is 1.62. The number of nitrogens with zero attached hydrogens (tertiary/aromatic N) is 2. The molecule has 0 aliphatic heterocycles. The third-order valence-corrected chi connectivity index (χ3v) is 5.14. The van der Waals surface area contributed by atoms with Gasteiger partial charge in [-0.25, -0.2) is 0 Å². The van der Waals surface area contributed by atoms with Gasteiger partial charge in [0.25, 0.3) is 5.91 Å². The largest absolute Gasteiger partial charge is 0.457 e. The lowest BCUT2D eigenvalue weighted by Crippen LogP contribution is -2.30. The van der Waals surface area contributed by atoms with E-state index in [0.29, 0.717) is 30.2 Å². The van der Waals surface area contributed by atoms with Crippen LogP contribution in [0.25, 0.3) is 0 Å². The van der Waals surface area contributed by atoms with Gasteiger partial charge in [0.15, 0.2) is 0 Å². The zero-order chi connectivity index (χ0) is 19.9. The predicted molar refractivity (Wildman–Crippen MR) is 115 cm³/mol. The summed E-state index contributed by atoms with van der Waals surface area (Å²) in [5.74, 6) is 1.15. The molecule has 0 saturated carbocycles. The van der Waals surface area contributed by atoms with Crippen LogP contribution in [-0.4, -0.2) is 15.8 Å². The predicted octanol–water partition coefficient (Wildman–Crippen LogP) is 5.78. The van der Waals surface area contributed by atoms with Gasteiger partial charge in [0.05, 0.1) is 17.8 Å². The summed E-state index contributed by atoms with van der Waals surface area (Å²) in [5.41, 5.74) is 2.47. The van der Waals surface area contributed by atoms with Crippen LogP contribution in [0.4, 0.5) is 0 Å². The summed E-state index contributed by atoms with van der Waals surface area (Å²) in [6.07, 6.45) is 1.75. The zero-order valence-electron chi connectivity index (χ0n) is 15.8. The maximum absolute atomic E-state index is 13.5. The summed E-state index contributed by atoms with van der Waals surface area (Å²) in [5, 5.41) is 4.08. The minimum Gasteiger partial charge on any atom is -0.457 e. The normalized spacial score (nSPS) is 10.5. The number of pyridine rings is 1. The second kappa shape index (κ2) is 9.17. The summed E-state index contributed by atoms with van der Waals surface area (Å²) in [6.45, 7) is 0.938. The molecule has 2 aromatic carbocycles. The molecule has 0 unspecified atom stereocenters. The molecule has 0 aliphatic rings. The number of hydrogen-bond donors (Lipinski definition) is 0. The van der Waals surface area contributed by atoms with E-state index >= 15 is 0 Å². The third-order valence-electron chi connectivity index (χ3n) is 4.41. The molecule has 0 radical (unpaired) electrons. The van der Waals surface area contributed by atoms with Crippen LogP contribution < -0.4 is 4.74 Å². The monoisotopic (exact) mass is 400 g/mol. The molecule has 29 heavy (non-hydrogen) atoms. The number of rotatable bonds is 7. The zero-order valence-corrected chi connectivity index (χ0v) is 16.6. The lowest BCUT2D eigenvalue weighted by Gasteiger charge is -2.23. The molecule has 144 valence electrons. The van der Waals surface area contributed by atoms with Gasteiger partial charge in [-0.1, -0.05) is 36.4 Å². The number of carbonyl (C=O) groups is 1. The average Bonchev–Trinajstić information content (AvgIpc) is 3.28. The van der Waals surface area contributed by atoms with Crippen LogP contribution in [-0.2, 0) is 13.1 Å². The maximum Gasteiger partial charge on any atom is 0.258 e. The van der Waals surface area contributed by atoms with Crippen LogP contribution in [0.5, 0.6) is 11.5 Å². The minimum atomic E-state index is -0.0895. The third kappa shape index (κ3) is 4.89. The van der Waals surface area contributed by atoms with Crippen molar-refractivity contribution in [1.82, 2.24) is 9.88 Å². The van der Waals surface area contributed by atoms with Gasteiger partial charge >= 0.3 is 0 Å². The van der Waals surface area contributed by atoms with Crippen molar-refractivity contribution >= 4 is 17.2 Å². The molecule has 5 heteroatoms. The Labute approximate surface area is 174 Å². The van der Waals surface area contributed by atoms with Crippen molar-refractivity contribution in [3.05, 3.63) is 113 Å². The fourth-order valence-electron chi connectivity index (χ4n) is 3.01. The Kier molecular flexibility index (Phi) is 5.98. The standard InChI is InChI=1S/C24H20N2O2S/c27-24(22-11-4-5-12-23(22)28-21-9-2-1-3-10-21)26(16-19-13-15-29-18-19)17-20-8-6-7-14-25-20/h1-15,18H,16-17H2. The summed E-state index contributed by atoms with van der Waals surface area (Å²) in [4.78, 5) is 19.7. The van der Waals surface area contributed by atoms with Gasteiger partial charge in [-0.3, -0.25) is 9.78 Å². The van der Waals surface area contributed by atoms with E-state index in [1.165, 1.54) is 0 Å². The molecule has 0 saturated heterocycles. The van der Waals surface area contributed by atoms with Crippen molar-refractivity contribution in [3.8, 4) is 11.5 Å². The van der Waals surface area contributed by atoms with Gasteiger partial charge in [0, 0.05) is 12.7 Å². The SMILES string of the molecule is O=C(c1ccccc1Oc1ccccc1)N(Cc1ccsc1)Cc1ccccn1. The Morgan fingerprint density at radius 1 is 0.897 bits per heavy atom. The highest BCUT2D eigenvalue weighted by molar-refractivity contribution is 7.07. The summed E-state index contributed by atoms with van der Waals surface area (Å²) in [6, 6.07) is 24.6. The van der Waals surface area contributed by atoms with Gasteiger partial charge in [-0.15, -0.1) is 0 Å². The van der Waals surface area contributed by atoms with Crippen LogP contribution in [0.3, 0.4) is 0 Å². The first kappa shape index (κ1) is 18.9. The Balaban J connectivity index is 1.63. The first-order chi connectivity index (χ1) is 14.3. The van der Waals surface area contributed by atoms with Gasteiger partial charge in [0.1, 0.15) is 11.5 Å². The molecule has 1 amide bonds. The van der Waals surface area contributed by atoms with Gasteiger partial charge < -0.3 is 9.64 Å². The van der Waals surface area contributed by atoms with Gasteiger partial charge in [-0.05, 0) is 58.8 Å². The highest BCUT2D eigenvalue weighted by Crippen LogP contribution is 2.27. The van der Waals surface area contributed by atoms with Crippen LogP contribution >= 0.6 is 11.3 Å². The Hall–Kier alpha value is -3.44. The second-order valence-corrected chi connectivity index (χ2v) is 7.31. The molecule has 0 spiro atoms. The molecule has 4 nitrogen and oxygen atoms in total. The van der Waals surface area contributed by atoms with Crippen molar-refractivity contribution in [2.75, 3.05) is 0 Å². The van der Waals surface area contributed by atoms with E-state index in [1.54, 1.807) is 28.5 Å². The topological polar surface area (TPSA) is 42.4 Å². The Bertz CT molecular complexity index is 1050. The van der Waals surface area contributed by atoms with E-state index in [1.807, 2.05) is 78.2 Å². The molecule has 2 heterocycles. The highest BCUT2D eigenvalue weighted by atomic mass is 32.1. The number of aromatic nitrogens is 1. The number of hydrogen-bond acceptors (Lipinski definition) is 4. The van der Waals surface area contributed by atoms with Crippen molar-refractivity contribution in [1.29, 1.82) is 0 Å². The fourth-order valence-corrected chi connectivity index (χ4v) is 3.67. The number of amides is 1. The number of thiophene rings is 1. The van der Waals surface area contributed by atoms with E-state index < -0.39 is 0 Å². The minimum absolute atomic E-state index is 0.0895. The van der Waals surface area contributed by atoms with Crippen molar-refractivity contribution < 1.29 is 9.53 Å². The van der Waals surface area contributed by atoms with Crippen LogP contribution in [0.2, 0.25) is 0 Å². The number of para-hydroxylation sites is 2. The quantitative estimate of drug-likeness (QED) is 0.395. The lowest BCUT2D eigenvalue weighted by atomic mass is 10.1. The van der Waals surface area contributed by atoms with Crippen molar-refractivity contribution in [2.45, 2.75) is 13.1 Å². The Morgan fingerprint density at radius 2 is 1.69 bits per heavy atom. The first-order valence-corrected chi connectivity index (χ1v) is 10.3. The van der Waals surface area contributed by atoms with Crippen LogP contribution in [0.15, 0.2) is 95.8 Å². The van der Waals surface area contributed by atoms with E-state index in [2.05, 4.69) is 10.4 Å². The molecular formula is C24H20N2O2S. The Morgan fingerprint density at radius 3 is 2.45 bits per heavy atom. The highest BCUT2D eigenvalue weighted by Gasteiger charge is 2.21. The van der Waals surface area contributed by atoms with E-state index in [0.717, 1.165) is 11.3 Å². The molecule has 2 aromatic heterocycles. The van der Waals surface area contributed by atoms with E-state index in [4.69, 9.17) is 4.74 Å². The molecule has 4 rings (SSSR count). The molecule has 0 aliphatic carbocycles. The van der Waals surface area contributed by atoms with Crippen LogP contribution in [0.1, 0.15) is 21.6 Å². The number of benzene rings is 2. The van der Waals surface area contributed by atoms with Crippen LogP contribution in [0, 0.1) is 0 Å². The molecule has 0 N–H and O–H groups in total. The summed E-state index contributed by atoms with van der Waals surface area (Å²) in [7, 11) is 0. The smallest absolute Gasteiger partial charge is 0.258 e.